The first kappa shape index (κ1) is 20.8. The first-order valence-electron chi connectivity index (χ1n) is 9.86. The molecule has 1 aliphatic rings. The fourth-order valence-corrected chi connectivity index (χ4v) is 4.79. The summed E-state index contributed by atoms with van der Waals surface area (Å²) in [6, 6.07) is 7.67. The van der Waals surface area contributed by atoms with Crippen LogP contribution in [0.1, 0.15) is 15.2 Å². The van der Waals surface area contributed by atoms with Gasteiger partial charge in [0.25, 0.3) is 5.91 Å². The van der Waals surface area contributed by atoms with Crippen LogP contribution in [0.5, 0.6) is 0 Å². The fraction of sp³-hybridized carbons (Fsp3) is 0.381. The molecule has 1 saturated heterocycles. The number of thiophene rings is 1. The number of fused-ring (bicyclic) bond motifs is 1. The van der Waals surface area contributed by atoms with E-state index in [4.69, 9.17) is 16.3 Å². The van der Waals surface area contributed by atoms with Gasteiger partial charge >= 0.3 is 0 Å². The maximum atomic E-state index is 12.9. The van der Waals surface area contributed by atoms with Crippen LogP contribution in [0.2, 0.25) is 5.02 Å². The van der Waals surface area contributed by atoms with Crippen molar-refractivity contribution in [2.24, 2.45) is 0 Å². The molecule has 1 aromatic carbocycles. The largest absolute Gasteiger partial charge is 0.378 e. The highest BCUT2D eigenvalue weighted by molar-refractivity contribution is 7.20. The Bertz CT molecular complexity index is 1050. The Balaban J connectivity index is 1.46. The lowest BCUT2D eigenvalue weighted by Gasteiger charge is -2.28. The van der Waals surface area contributed by atoms with Gasteiger partial charge in [-0.3, -0.25) is 4.79 Å². The number of carbonyl (C=O) groups excluding carboxylic acids is 1. The fourth-order valence-electron chi connectivity index (χ4n) is 3.54. The van der Waals surface area contributed by atoms with E-state index in [1.807, 2.05) is 38.2 Å². The minimum atomic E-state index is -0.0806. The number of morpholine rings is 1. The molecular weight excluding hydrogens is 422 g/mol. The second kappa shape index (κ2) is 9.16. The van der Waals surface area contributed by atoms with Crippen LogP contribution in [0, 0.1) is 6.92 Å². The smallest absolute Gasteiger partial charge is 0.261 e. The van der Waals surface area contributed by atoms with E-state index in [-0.39, 0.29) is 5.91 Å². The molecule has 0 aliphatic carbocycles. The normalized spacial score (nSPS) is 14.2. The molecule has 3 heterocycles. The Morgan fingerprint density at radius 2 is 2.13 bits per heavy atom. The van der Waals surface area contributed by atoms with Crippen LogP contribution in [0.3, 0.4) is 0 Å². The van der Waals surface area contributed by atoms with Gasteiger partial charge in [-0.15, -0.1) is 11.3 Å². The lowest BCUT2D eigenvalue weighted by atomic mass is 10.2. The number of ether oxygens (including phenoxy) is 1. The number of rotatable bonds is 6. The van der Waals surface area contributed by atoms with Crippen LogP contribution >= 0.6 is 22.9 Å². The van der Waals surface area contributed by atoms with Crippen LogP contribution in [0.4, 0.5) is 11.5 Å². The number of halogens is 1. The molecule has 30 heavy (non-hydrogen) atoms. The molecule has 2 aromatic heterocycles. The number of amides is 1. The van der Waals surface area contributed by atoms with E-state index in [9.17, 15) is 4.79 Å². The van der Waals surface area contributed by atoms with E-state index in [2.05, 4.69) is 25.1 Å². The van der Waals surface area contributed by atoms with Gasteiger partial charge in [0.15, 0.2) is 0 Å². The van der Waals surface area contributed by atoms with Crippen LogP contribution in [0.25, 0.3) is 10.2 Å². The second-order valence-corrected chi connectivity index (χ2v) is 8.63. The zero-order valence-electron chi connectivity index (χ0n) is 17.0. The predicted octanol–water partition coefficient (Wildman–Crippen LogP) is 3.36. The van der Waals surface area contributed by atoms with E-state index in [1.165, 1.54) is 11.3 Å². The number of nitrogens with one attached hydrogen (secondary N) is 1. The molecule has 0 bridgehead atoms. The molecule has 9 heteroatoms. The zero-order chi connectivity index (χ0) is 21.1. The number of hydrogen-bond donors (Lipinski definition) is 1. The minimum Gasteiger partial charge on any atom is -0.378 e. The Morgan fingerprint density at radius 3 is 2.90 bits per heavy atom. The molecule has 0 saturated carbocycles. The summed E-state index contributed by atoms with van der Waals surface area (Å²) in [7, 11) is 1.98. The Labute approximate surface area is 184 Å². The number of aromatic nitrogens is 2. The third kappa shape index (κ3) is 4.35. The van der Waals surface area contributed by atoms with E-state index in [0.29, 0.717) is 36.2 Å². The van der Waals surface area contributed by atoms with Gasteiger partial charge in [-0.25, -0.2) is 9.97 Å². The number of benzene rings is 1. The van der Waals surface area contributed by atoms with E-state index < -0.39 is 0 Å². The molecule has 0 spiro atoms. The first-order chi connectivity index (χ1) is 14.5. The summed E-state index contributed by atoms with van der Waals surface area (Å²) >= 11 is 7.48. The molecule has 1 N–H and O–H groups in total. The Hall–Kier alpha value is -2.42. The SMILES string of the molecule is Cc1c(C(=O)NCCN(C)c2cccc(Cl)c2)sc2ncnc(N3CCOCC3)c12. The molecule has 0 atom stereocenters. The Kier molecular flexibility index (Phi) is 6.36. The average molecular weight is 446 g/mol. The average Bonchev–Trinajstić information content (AvgIpc) is 3.11. The van der Waals surface area contributed by atoms with Crippen molar-refractivity contribution in [3.63, 3.8) is 0 Å². The summed E-state index contributed by atoms with van der Waals surface area (Å²) in [4.78, 5) is 27.6. The third-order valence-electron chi connectivity index (χ3n) is 5.21. The number of likely N-dealkylation sites (N-methyl/N-ethyl adjacent to an activating group) is 1. The van der Waals surface area contributed by atoms with E-state index in [0.717, 1.165) is 40.4 Å². The minimum absolute atomic E-state index is 0.0806. The highest BCUT2D eigenvalue weighted by Gasteiger charge is 2.22. The monoisotopic (exact) mass is 445 g/mol. The van der Waals surface area contributed by atoms with Crippen LogP contribution in [0.15, 0.2) is 30.6 Å². The van der Waals surface area contributed by atoms with Gasteiger partial charge in [0.05, 0.1) is 23.5 Å². The molecule has 1 fully saturated rings. The molecular formula is C21H24ClN5O2S. The second-order valence-electron chi connectivity index (χ2n) is 7.19. The summed E-state index contributed by atoms with van der Waals surface area (Å²) in [5.41, 5.74) is 1.94. The number of anilines is 2. The standard InChI is InChI=1S/C21H24ClN5O2S/c1-14-17-19(27-8-10-29-11-9-27)24-13-25-21(17)30-18(14)20(28)23-6-7-26(2)16-5-3-4-15(22)12-16/h3-5,12-13H,6-11H2,1-2H3,(H,23,28). The van der Waals surface area contributed by atoms with E-state index >= 15 is 0 Å². The molecule has 158 valence electrons. The van der Waals surface area contributed by atoms with Gasteiger partial charge in [-0.1, -0.05) is 17.7 Å². The maximum absolute atomic E-state index is 12.9. The van der Waals surface area contributed by atoms with Crippen LogP contribution in [-0.4, -0.2) is 62.3 Å². The summed E-state index contributed by atoms with van der Waals surface area (Å²) in [5.74, 6) is 0.805. The topological polar surface area (TPSA) is 70.6 Å². The van der Waals surface area contributed by atoms with Gasteiger partial charge in [-0.05, 0) is 30.7 Å². The Morgan fingerprint density at radius 1 is 1.33 bits per heavy atom. The molecule has 7 nitrogen and oxygen atoms in total. The summed E-state index contributed by atoms with van der Waals surface area (Å²) < 4.78 is 5.45. The highest BCUT2D eigenvalue weighted by atomic mass is 35.5. The highest BCUT2D eigenvalue weighted by Crippen LogP contribution is 2.35. The lowest BCUT2D eigenvalue weighted by molar-refractivity contribution is 0.0958. The van der Waals surface area contributed by atoms with Crippen molar-refractivity contribution < 1.29 is 9.53 Å². The molecule has 0 radical (unpaired) electrons. The zero-order valence-corrected chi connectivity index (χ0v) is 18.6. The van der Waals surface area contributed by atoms with Gasteiger partial charge in [0.1, 0.15) is 17.0 Å². The quantitative estimate of drug-likeness (QED) is 0.627. The summed E-state index contributed by atoms with van der Waals surface area (Å²) in [5, 5.41) is 4.69. The predicted molar refractivity (Wildman–Crippen MR) is 122 cm³/mol. The van der Waals surface area contributed by atoms with Gasteiger partial charge in [0, 0.05) is 43.9 Å². The van der Waals surface area contributed by atoms with Crippen molar-refractivity contribution in [3.8, 4) is 0 Å². The molecule has 3 aromatic rings. The summed E-state index contributed by atoms with van der Waals surface area (Å²) in [6.45, 7) is 6.12. The van der Waals surface area contributed by atoms with Gasteiger partial charge < -0.3 is 19.9 Å². The van der Waals surface area contributed by atoms with Crippen molar-refractivity contribution in [2.75, 3.05) is 56.2 Å². The molecule has 4 rings (SSSR count). The number of aryl methyl sites for hydroxylation is 1. The molecule has 1 aliphatic heterocycles. The summed E-state index contributed by atoms with van der Waals surface area (Å²) in [6.07, 6.45) is 1.57. The van der Waals surface area contributed by atoms with E-state index in [1.54, 1.807) is 6.33 Å². The molecule has 1 amide bonds. The van der Waals surface area contributed by atoms with Crippen LogP contribution < -0.4 is 15.1 Å². The van der Waals surface area contributed by atoms with Gasteiger partial charge in [-0.2, -0.15) is 0 Å². The van der Waals surface area contributed by atoms with Gasteiger partial charge in [0.2, 0.25) is 0 Å². The van der Waals surface area contributed by atoms with Crippen LogP contribution in [-0.2, 0) is 4.74 Å². The van der Waals surface area contributed by atoms with Crippen molar-refractivity contribution in [1.82, 2.24) is 15.3 Å². The van der Waals surface area contributed by atoms with Crippen molar-refractivity contribution in [3.05, 3.63) is 46.1 Å². The number of carbonyl (C=O) groups is 1. The number of hydrogen-bond acceptors (Lipinski definition) is 7. The third-order valence-corrected chi connectivity index (χ3v) is 6.64. The van der Waals surface area contributed by atoms with Crippen molar-refractivity contribution in [2.45, 2.75) is 6.92 Å². The number of nitrogens with zero attached hydrogens (tertiary/aromatic N) is 4. The lowest BCUT2D eigenvalue weighted by Crippen LogP contribution is -2.37. The van der Waals surface area contributed by atoms with Crippen molar-refractivity contribution >= 4 is 50.6 Å². The first-order valence-corrected chi connectivity index (χ1v) is 11.1. The maximum Gasteiger partial charge on any atom is 0.261 e. The molecule has 0 unspecified atom stereocenters. The van der Waals surface area contributed by atoms with Crippen molar-refractivity contribution in [1.29, 1.82) is 0 Å².